The van der Waals surface area contributed by atoms with Crippen molar-refractivity contribution in [2.45, 2.75) is 4.90 Å². The molecule has 3 rings (SSSR count). The van der Waals surface area contributed by atoms with Crippen LogP contribution in [0.5, 0.6) is 11.5 Å². The minimum Gasteiger partial charge on any atom is -0.493 e. The number of nitro groups is 1. The van der Waals surface area contributed by atoms with Crippen LogP contribution in [0.2, 0.25) is 0 Å². The molecule has 0 unspecified atom stereocenters. The normalized spacial score (nSPS) is 13.8. The van der Waals surface area contributed by atoms with Crippen molar-refractivity contribution in [3.05, 3.63) is 63.7 Å². The first-order chi connectivity index (χ1) is 14.6. The molecule has 1 aliphatic rings. The van der Waals surface area contributed by atoms with Crippen molar-refractivity contribution in [2.75, 3.05) is 7.11 Å². The van der Waals surface area contributed by atoms with Gasteiger partial charge in [0.15, 0.2) is 21.5 Å². The molecular formula is C18H13N3O8S2. The number of amides is 2. The maximum Gasteiger partial charge on any atom is 0.346 e. The molecule has 2 N–H and O–H groups in total. The van der Waals surface area contributed by atoms with Crippen LogP contribution in [0.25, 0.3) is 6.08 Å². The highest BCUT2D eigenvalue weighted by atomic mass is 32.2. The molecule has 2 aromatic rings. The van der Waals surface area contributed by atoms with E-state index in [0.717, 1.165) is 12.1 Å². The Balaban J connectivity index is 1.95. The number of nitrogens with zero attached hydrogens (tertiary/aromatic N) is 1. The van der Waals surface area contributed by atoms with Gasteiger partial charge >= 0.3 is 10.1 Å². The Labute approximate surface area is 180 Å². The van der Waals surface area contributed by atoms with E-state index in [4.69, 9.17) is 21.1 Å². The van der Waals surface area contributed by atoms with Gasteiger partial charge < -0.3 is 8.92 Å². The second-order valence-corrected chi connectivity index (χ2v) is 7.89. The molecule has 0 spiro atoms. The fourth-order valence-corrected chi connectivity index (χ4v) is 3.89. The quantitative estimate of drug-likeness (QED) is 0.161. The monoisotopic (exact) mass is 463 g/mol. The fraction of sp³-hybridized carbons (Fsp3) is 0.0556. The third-order valence-electron chi connectivity index (χ3n) is 3.97. The lowest BCUT2D eigenvalue weighted by Crippen LogP contribution is -2.51. The molecule has 13 heteroatoms. The van der Waals surface area contributed by atoms with E-state index in [9.17, 15) is 28.1 Å². The third-order valence-corrected chi connectivity index (χ3v) is 5.46. The van der Waals surface area contributed by atoms with Gasteiger partial charge in [-0.1, -0.05) is 18.2 Å². The highest BCUT2D eigenvalue weighted by Crippen LogP contribution is 2.33. The predicted octanol–water partition coefficient (Wildman–Crippen LogP) is 1.29. The highest BCUT2D eigenvalue weighted by Gasteiger charge is 2.29. The molecule has 0 radical (unpaired) electrons. The van der Waals surface area contributed by atoms with E-state index in [2.05, 4.69) is 10.6 Å². The summed E-state index contributed by atoms with van der Waals surface area (Å²) in [5.74, 6) is -1.70. The number of rotatable bonds is 6. The first-order valence-corrected chi connectivity index (χ1v) is 10.2. The van der Waals surface area contributed by atoms with Crippen LogP contribution < -0.4 is 19.6 Å². The molecule has 1 heterocycles. The molecule has 1 saturated heterocycles. The number of methoxy groups -OCH3 is 1. The molecule has 1 fully saturated rings. The van der Waals surface area contributed by atoms with Gasteiger partial charge in [0.05, 0.1) is 12.0 Å². The Hall–Kier alpha value is -3.84. The molecule has 31 heavy (non-hydrogen) atoms. The summed E-state index contributed by atoms with van der Waals surface area (Å²) in [4.78, 5) is 33.6. The summed E-state index contributed by atoms with van der Waals surface area (Å²) in [6, 6.07) is 8.64. The van der Waals surface area contributed by atoms with Crippen LogP contribution in [-0.2, 0) is 19.7 Å². The van der Waals surface area contributed by atoms with Crippen LogP contribution in [0.3, 0.4) is 0 Å². The van der Waals surface area contributed by atoms with E-state index >= 15 is 0 Å². The van der Waals surface area contributed by atoms with Crippen LogP contribution in [-0.4, -0.2) is 37.4 Å². The second-order valence-electron chi connectivity index (χ2n) is 5.97. The summed E-state index contributed by atoms with van der Waals surface area (Å²) in [6.07, 6.45) is 1.25. The zero-order valence-corrected chi connectivity index (χ0v) is 17.3. The SMILES string of the molecule is COc1cc(C=C2C(=O)NC(=S)NC2=O)ccc1OS(=O)(=O)c1ccccc1[N+](=O)[O-]. The molecule has 11 nitrogen and oxygen atoms in total. The molecule has 0 bridgehead atoms. The molecule has 0 atom stereocenters. The minimum atomic E-state index is -4.56. The zero-order valence-electron chi connectivity index (χ0n) is 15.6. The first-order valence-electron chi connectivity index (χ1n) is 8.36. The zero-order chi connectivity index (χ0) is 22.8. The average molecular weight is 463 g/mol. The number of thiocarbonyl (C=S) groups is 1. The molecule has 0 saturated carbocycles. The van der Waals surface area contributed by atoms with Crippen LogP contribution in [0, 0.1) is 10.1 Å². The van der Waals surface area contributed by atoms with Crippen molar-refractivity contribution in [1.29, 1.82) is 0 Å². The minimum absolute atomic E-state index is 0.0522. The van der Waals surface area contributed by atoms with E-state index < -0.39 is 37.4 Å². The van der Waals surface area contributed by atoms with Crippen LogP contribution in [0.1, 0.15) is 5.56 Å². The molecule has 0 aliphatic carbocycles. The van der Waals surface area contributed by atoms with E-state index in [1.165, 1.54) is 43.5 Å². The van der Waals surface area contributed by atoms with Crippen molar-refractivity contribution >= 4 is 51.0 Å². The number of ether oxygens (including phenoxy) is 1. The molecular weight excluding hydrogens is 450 g/mol. The number of nitrogens with one attached hydrogen (secondary N) is 2. The highest BCUT2D eigenvalue weighted by molar-refractivity contribution is 7.87. The summed E-state index contributed by atoms with van der Waals surface area (Å²) in [5.41, 5.74) is -0.549. The topological polar surface area (TPSA) is 154 Å². The molecule has 1 aliphatic heterocycles. The van der Waals surface area contributed by atoms with Crippen molar-refractivity contribution < 1.29 is 31.9 Å². The Bertz CT molecular complexity index is 1230. The number of hydrogen-bond acceptors (Lipinski definition) is 9. The Morgan fingerprint density at radius 3 is 2.32 bits per heavy atom. The number of hydrogen-bond donors (Lipinski definition) is 2. The Morgan fingerprint density at radius 2 is 1.71 bits per heavy atom. The predicted molar refractivity (Wildman–Crippen MR) is 111 cm³/mol. The van der Waals surface area contributed by atoms with E-state index in [1.54, 1.807) is 0 Å². The number of carbonyl (C=O) groups excluding carboxylic acids is 2. The van der Waals surface area contributed by atoms with Gasteiger partial charge in [-0.25, -0.2) is 0 Å². The summed E-state index contributed by atoms with van der Waals surface area (Å²) >= 11 is 4.72. The number of carbonyl (C=O) groups is 2. The standard InChI is InChI=1S/C18H13N3O8S2/c1-28-14-9-10(8-11-16(22)19-18(30)20-17(11)23)6-7-13(14)29-31(26,27)15-5-3-2-4-12(15)21(24)25/h2-9H,1H3,(H2,19,20,22,23,30). The smallest absolute Gasteiger partial charge is 0.346 e. The lowest BCUT2D eigenvalue weighted by Gasteiger charge is -2.16. The lowest BCUT2D eigenvalue weighted by molar-refractivity contribution is -0.387. The molecule has 2 amide bonds. The molecule has 2 aromatic carbocycles. The van der Waals surface area contributed by atoms with Crippen LogP contribution in [0.4, 0.5) is 5.69 Å². The van der Waals surface area contributed by atoms with Gasteiger partial charge in [-0.2, -0.15) is 8.42 Å². The van der Waals surface area contributed by atoms with E-state index in [-0.39, 0.29) is 22.2 Å². The van der Waals surface area contributed by atoms with Crippen molar-refractivity contribution in [3.8, 4) is 11.5 Å². The number of nitro benzene ring substituents is 1. The summed E-state index contributed by atoms with van der Waals surface area (Å²) in [6.45, 7) is 0. The number of para-hydroxylation sites is 1. The second kappa shape index (κ2) is 8.49. The van der Waals surface area contributed by atoms with Gasteiger partial charge in [-0.15, -0.1) is 0 Å². The fourth-order valence-electron chi connectivity index (χ4n) is 2.60. The summed E-state index contributed by atoms with van der Waals surface area (Å²) < 4.78 is 35.4. The maximum atomic E-state index is 12.6. The first kappa shape index (κ1) is 21.9. The van der Waals surface area contributed by atoms with Gasteiger partial charge in [0.2, 0.25) is 0 Å². The van der Waals surface area contributed by atoms with Gasteiger partial charge in [-0.05, 0) is 42.1 Å². The van der Waals surface area contributed by atoms with Crippen LogP contribution >= 0.6 is 12.2 Å². The van der Waals surface area contributed by atoms with Crippen molar-refractivity contribution in [1.82, 2.24) is 10.6 Å². The maximum absolute atomic E-state index is 12.6. The Morgan fingerprint density at radius 1 is 1.06 bits per heavy atom. The van der Waals surface area contributed by atoms with Crippen molar-refractivity contribution in [3.63, 3.8) is 0 Å². The third kappa shape index (κ3) is 4.67. The Kier molecular flexibility index (Phi) is 5.99. The number of benzene rings is 2. The summed E-state index contributed by atoms with van der Waals surface area (Å²) in [7, 11) is -3.32. The molecule has 160 valence electrons. The average Bonchev–Trinajstić information content (AvgIpc) is 2.71. The lowest BCUT2D eigenvalue weighted by atomic mass is 10.1. The van der Waals surface area contributed by atoms with E-state index in [1.807, 2.05) is 0 Å². The van der Waals surface area contributed by atoms with Gasteiger partial charge in [0.25, 0.3) is 17.5 Å². The van der Waals surface area contributed by atoms with E-state index in [0.29, 0.717) is 5.56 Å². The largest absolute Gasteiger partial charge is 0.493 e. The van der Waals surface area contributed by atoms with Gasteiger partial charge in [0.1, 0.15) is 5.57 Å². The van der Waals surface area contributed by atoms with Crippen LogP contribution in [0.15, 0.2) is 52.9 Å². The summed E-state index contributed by atoms with van der Waals surface area (Å²) in [5, 5.41) is 15.6. The van der Waals surface area contributed by atoms with Gasteiger partial charge in [0, 0.05) is 6.07 Å². The van der Waals surface area contributed by atoms with Crippen molar-refractivity contribution in [2.24, 2.45) is 0 Å². The van der Waals surface area contributed by atoms with Gasteiger partial charge in [-0.3, -0.25) is 30.3 Å². The molecule has 0 aromatic heterocycles.